The lowest BCUT2D eigenvalue weighted by molar-refractivity contribution is 0.102. The van der Waals surface area contributed by atoms with E-state index in [1.54, 1.807) is 26.4 Å². The molecule has 150 valence electrons. The molecule has 1 heterocycles. The van der Waals surface area contributed by atoms with Crippen LogP contribution in [0.3, 0.4) is 0 Å². The number of carbonyl (C=O) groups excluding carboxylic acids is 1. The number of carbonyl (C=O) groups is 1. The molecule has 0 fully saturated rings. The standard InChI is InChI=1S/C22H24N4O3/c1-4-16-7-5-6-8-17(16)24-22(27)18-10-12-21(26-25-18)23-14-15-9-11-19(28-2)20(13-15)29-3/h5-13H,4,14H2,1-3H3,(H,23,26)(H,24,27). The van der Waals surface area contributed by atoms with Crippen molar-refractivity contribution in [3.8, 4) is 11.5 Å². The fourth-order valence-corrected chi connectivity index (χ4v) is 2.87. The summed E-state index contributed by atoms with van der Waals surface area (Å²) in [5, 5.41) is 14.2. The highest BCUT2D eigenvalue weighted by Gasteiger charge is 2.11. The van der Waals surface area contributed by atoms with Crippen LogP contribution in [0.1, 0.15) is 28.5 Å². The first kappa shape index (κ1) is 20.1. The van der Waals surface area contributed by atoms with Crippen LogP contribution in [0.5, 0.6) is 11.5 Å². The summed E-state index contributed by atoms with van der Waals surface area (Å²) >= 11 is 0. The fourth-order valence-electron chi connectivity index (χ4n) is 2.87. The Morgan fingerprint density at radius 3 is 2.45 bits per heavy atom. The van der Waals surface area contributed by atoms with Crippen LogP contribution in [0.4, 0.5) is 11.5 Å². The van der Waals surface area contributed by atoms with E-state index < -0.39 is 0 Å². The third-order valence-corrected chi connectivity index (χ3v) is 4.47. The van der Waals surface area contributed by atoms with E-state index in [-0.39, 0.29) is 11.6 Å². The molecule has 0 atom stereocenters. The molecule has 0 aliphatic carbocycles. The van der Waals surface area contributed by atoms with Crippen molar-refractivity contribution in [3.63, 3.8) is 0 Å². The van der Waals surface area contributed by atoms with E-state index in [1.807, 2.05) is 49.4 Å². The normalized spacial score (nSPS) is 10.3. The van der Waals surface area contributed by atoms with Crippen LogP contribution in [-0.4, -0.2) is 30.3 Å². The molecule has 3 rings (SSSR count). The first-order chi connectivity index (χ1) is 14.1. The summed E-state index contributed by atoms with van der Waals surface area (Å²) < 4.78 is 10.6. The van der Waals surface area contributed by atoms with E-state index >= 15 is 0 Å². The second kappa shape index (κ2) is 9.54. The van der Waals surface area contributed by atoms with E-state index in [0.717, 1.165) is 23.2 Å². The molecule has 7 heteroatoms. The maximum absolute atomic E-state index is 12.4. The van der Waals surface area contributed by atoms with Crippen LogP contribution in [0.25, 0.3) is 0 Å². The molecule has 0 saturated heterocycles. The number of nitrogens with one attached hydrogen (secondary N) is 2. The van der Waals surface area contributed by atoms with Crippen LogP contribution in [0, 0.1) is 0 Å². The maximum atomic E-state index is 12.4. The number of anilines is 2. The number of rotatable bonds is 8. The van der Waals surface area contributed by atoms with Crippen LogP contribution >= 0.6 is 0 Å². The summed E-state index contributed by atoms with van der Waals surface area (Å²) in [5.41, 5.74) is 3.12. The highest BCUT2D eigenvalue weighted by molar-refractivity contribution is 6.03. The van der Waals surface area contributed by atoms with Crippen molar-refractivity contribution in [2.45, 2.75) is 19.9 Å². The number of methoxy groups -OCH3 is 2. The largest absolute Gasteiger partial charge is 0.493 e. The zero-order valence-electron chi connectivity index (χ0n) is 16.7. The molecule has 29 heavy (non-hydrogen) atoms. The van der Waals surface area contributed by atoms with Crippen molar-refractivity contribution in [2.24, 2.45) is 0 Å². The predicted molar refractivity (Wildman–Crippen MR) is 113 cm³/mol. The van der Waals surface area contributed by atoms with Gasteiger partial charge in [0.1, 0.15) is 5.82 Å². The molecule has 1 amide bonds. The van der Waals surface area contributed by atoms with Gasteiger partial charge in [-0.05, 0) is 47.9 Å². The first-order valence-corrected chi connectivity index (χ1v) is 9.32. The van der Waals surface area contributed by atoms with Gasteiger partial charge < -0.3 is 20.1 Å². The van der Waals surface area contributed by atoms with Gasteiger partial charge in [0.05, 0.1) is 14.2 Å². The van der Waals surface area contributed by atoms with Crippen molar-refractivity contribution in [2.75, 3.05) is 24.9 Å². The van der Waals surface area contributed by atoms with E-state index in [1.165, 1.54) is 0 Å². The van der Waals surface area contributed by atoms with Crippen molar-refractivity contribution in [3.05, 3.63) is 71.4 Å². The summed E-state index contributed by atoms with van der Waals surface area (Å²) in [4.78, 5) is 12.4. The molecule has 2 N–H and O–H groups in total. The molecule has 0 aliphatic rings. The maximum Gasteiger partial charge on any atom is 0.276 e. The lowest BCUT2D eigenvalue weighted by Crippen LogP contribution is -2.16. The molecule has 0 unspecified atom stereocenters. The Balaban J connectivity index is 1.62. The minimum Gasteiger partial charge on any atom is -0.493 e. The van der Waals surface area contributed by atoms with Crippen molar-refractivity contribution >= 4 is 17.4 Å². The predicted octanol–water partition coefficient (Wildman–Crippen LogP) is 3.92. The number of hydrogen-bond acceptors (Lipinski definition) is 6. The summed E-state index contributed by atoms with van der Waals surface area (Å²) in [5.74, 6) is 1.63. The van der Waals surface area contributed by atoms with E-state index in [2.05, 4.69) is 20.8 Å². The number of nitrogens with zero attached hydrogens (tertiary/aromatic N) is 2. The van der Waals surface area contributed by atoms with Crippen LogP contribution < -0.4 is 20.1 Å². The fraction of sp³-hybridized carbons (Fsp3) is 0.227. The minimum absolute atomic E-state index is 0.257. The van der Waals surface area contributed by atoms with Crippen molar-refractivity contribution in [1.29, 1.82) is 0 Å². The van der Waals surface area contributed by atoms with Crippen LogP contribution in [0.15, 0.2) is 54.6 Å². The third kappa shape index (κ3) is 5.01. The van der Waals surface area contributed by atoms with Gasteiger partial charge in [0.25, 0.3) is 5.91 Å². The second-order valence-electron chi connectivity index (χ2n) is 6.31. The highest BCUT2D eigenvalue weighted by Crippen LogP contribution is 2.27. The molecule has 0 bridgehead atoms. The number of amides is 1. The number of para-hydroxylation sites is 1. The summed E-state index contributed by atoms with van der Waals surface area (Å²) in [7, 11) is 3.20. The van der Waals surface area contributed by atoms with Crippen LogP contribution in [-0.2, 0) is 13.0 Å². The Kier molecular flexibility index (Phi) is 6.63. The molecular formula is C22H24N4O3. The number of aromatic nitrogens is 2. The van der Waals surface area contributed by atoms with E-state index in [0.29, 0.717) is 23.9 Å². The quantitative estimate of drug-likeness (QED) is 0.604. The number of aryl methyl sites for hydroxylation is 1. The molecule has 0 spiro atoms. The minimum atomic E-state index is -0.287. The molecule has 0 radical (unpaired) electrons. The zero-order chi connectivity index (χ0) is 20.6. The van der Waals surface area contributed by atoms with Crippen molar-refractivity contribution < 1.29 is 14.3 Å². The van der Waals surface area contributed by atoms with Gasteiger partial charge in [-0.15, -0.1) is 10.2 Å². The molecule has 1 aromatic heterocycles. The summed E-state index contributed by atoms with van der Waals surface area (Å²) in [6.45, 7) is 2.58. The first-order valence-electron chi connectivity index (χ1n) is 9.32. The van der Waals surface area contributed by atoms with Gasteiger partial charge in [0, 0.05) is 12.2 Å². The van der Waals surface area contributed by atoms with Gasteiger partial charge in [-0.2, -0.15) is 0 Å². The summed E-state index contributed by atoms with van der Waals surface area (Å²) in [6, 6.07) is 16.8. The number of ether oxygens (including phenoxy) is 2. The third-order valence-electron chi connectivity index (χ3n) is 4.47. The number of benzene rings is 2. The molecule has 0 aliphatic heterocycles. The van der Waals surface area contributed by atoms with E-state index in [9.17, 15) is 4.79 Å². The highest BCUT2D eigenvalue weighted by atomic mass is 16.5. The van der Waals surface area contributed by atoms with Crippen molar-refractivity contribution in [1.82, 2.24) is 10.2 Å². The number of hydrogen-bond donors (Lipinski definition) is 2. The Hall–Kier alpha value is -3.61. The molecule has 2 aromatic carbocycles. The summed E-state index contributed by atoms with van der Waals surface area (Å²) in [6.07, 6.45) is 0.834. The van der Waals surface area contributed by atoms with Gasteiger partial charge in [-0.3, -0.25) is 4.79 Å². The molecule has 7 nitrogen and oxygen atoms in total. The van der Waals surface area contributed by atoms with Gasteiger partial charge in [0.2, 0.25) is 0 Å². The van der Waals surface area contributed by atoms with Gasteiger partial charge in [-0.1, -0.05) is 31.2 Å². The van der Waals surface area contributed by atoms with Gasteiger partial charge in [-0.25, -0.2) is 0 Å². The average Bonchev–Trinajstić information content (AvgIpc) is 2.78. The Labute approximate surface area is 170 Å². The molecule has 3 aromatic rings. The smallest absolute Gasteiger partial charge is 0.276 e. The zero-order valence-corrected chi connectivity index (χ0v) is 16.7. The SMILES string of the molecule is CCc1ccccc1NC(=O)c1ccc(NCc2ccc(OC)c(OC)c2)nn1. The average molecular weight is 392 g/mol. The van der Waals surface area contributed by atoms with Crippen LogP contribution in [0.2, 0.25) is 0 Å². The lowest BCUT2D eigenvalue weighted by Gasteiger charge is -2.11. The second-order valence-corrected chi connectivity index (χ2v) is 6.31. The monoisotopic (exact) mass is 392 g/mol. The lowest BCUT2D eigenvalue weighted by atomic mass is 10.1. The Morgan fingerprint density at radius 2 is 1.76 bits per heavy atom. The molecule has 0 saturated carbocycles. The Morgan fingerprint density at radius 1 is 0.966 bits per heavy atom. The van der Waals surface area contributed by atoms with Gasteiger partial charge >= 0.3 is 0 Å². The van der Waals surface area contributed by atoms with E-state index in [4.69, 9.17) is 9.47 Å². The molecular weight excluding hydrogens is 368 g/mol. The van der Waals surface area contributed by atoms with Gasteiger partial charge in [0.15, 0.2) is 17.2 Å². The Bertz CT molecular complexity index is 974. The topological polar surface area (TPSA) is 85.4 Å².